The van der Waals surface area contributed by atoms with Crippen LogP contribution in [0.5, 0.6) is 0 Å². The molecule has 2 aromatic carbocycles. The Morgan fingerprint density at radius 1 is 0.920 bits per heavy atom. The van der Waals surface area contributed by atoms with Gasteiger partial charge in [0.2, 0.25) is 0 Å². The molecule has 0 radical (unpaired) electrons. The van der Waals surface area contributed by atoms with E-state index in [2.05, 4.69) is 5.32 Å². The van der Waals surface area contributed by atoms with Crippen molar-refractivity contribution in [3.63, 3.8) is 0 Å². The lowest BCUT2D eigenvalue weighted by Crippen LogP contribution is -2.32. The zero-order chi connectivity index (χ0) is 18.3. The largest absolute Gasteiger partial charge is 0.349 e. The molecular weight excluding hydrogens is 336 g/mol. The quantitative estimate of drug-likeness (QED) is 0.833. The minimum atomic E-state index is -0.508. The topological polar surface area (TPSA) is 49.4 Å². The van der Waals surface area contributed by atoms with E-state index in [1.807, 2.05) is 58.0 Å². The average molecular weight is 355 g/mol. The summed E-state index contributed by atoms with van der Waals surface area (Å²) in [5.41, 5.74) is 5.43. The maximum Gasteiger partial charge on any atom is 0.283 e. The Labute approximate surface area is 152 Å². The smallest absolute Gasteiger partial charge is 0.283 e. The number of hydrogen-bond donors (Lipinski definition) is 1. The van der Waals surface area contributed by atoms with Crippen LogP contribution in [0.15, 0.2) is 47.1 Å². The third-order valence-electron chi connectivity index (χ3n) is 4.48. The zero-order valence-corrected chi connectivity index (χ0v) is 15.4. The van der Waals surface area contributed by atoms with Gasteiger partial charge < -0.3 is 5.32 Å². The average Bonchev–Trinajstić information content (AvgIpc) is 2.76. The normalized spacial score (nSPS) is 14.5. The van der Waals surface area contributed by atoms with Gasteiger partial charge in [-0.3, -0.25) is 9.59 Å². The number of carbonyl (C=O) groups excluding carboxylic acids is 2. The third kappa shape index (κ3) is 2.94. The molecule has 0 saturated heterocycles. The van der Waals surface area contributed by atoms with E-state index in [4.69, 9.17) is 11.6 Å². The Balaban J connectivity index is 1.98. The molecule has 0 saturated carbocycles. The van der Waals surface area contributed by atoms with Crippen molar-refractivity contribution in [1.82, 2.24) is 0 Å². The van der Waals surface area contributed by atoms with Crippen LogP contribution < -0.4 is 10.2 Å². The molecule has 1 aliphatic rings. The summed E-state index contributed by atoms with van der Waals surface area (Å²) in [5, 5.41) is 2.95. The number of anilines is 2. The van der Waals surface area contributed by atoms with Crippen molar-refractivity contribution in [2.24, 2.45) is 0 Å². The Bertz CT molecular complexity index is 931. The first-order valence-corrected chi connectivity index (χ1v) is 8.38. The van der Waals surface area contributed by atoms with Crippen LogP contribution >= 0.6 is 11.6 Å². The fourth-order valence-corrected chi connectivity index (χ4v) is 3.12. The summed E-state index contributed by atoms with van der Waals surface area (Å²) in [6.07, 6.45) is 0. The second-order valence-corrected chi connectivity index (χ2v) is 6.68. The van der Waals surface area contributed by atoms with Crippen molar-refractivity contribution >= 4 is 34.8 Å². The number of benzene rings is 2. The van der Waals surface area contributed by atoms with Crippen molar-refractivity contribution in [2.75, 3.05) is 10.2 Å². The van der Waals surface area contributed by atoms with Gasteiger partial charge >= 0.3 is 0 Å². The molecule has 4 nitrogen and oxygen atoms in total. The molecule has 1 heterocycles. The SMILES string of the molecule is Cc1ccc(N2C(=O)C(Cl)=C(Nc3cccc(C)c3C)C2=O)c(C)c1. The van der Waals surface area contributed by atoms with E-state index in [9.17, 15) is 9.59 Å². The molecule has 0 fully saturated rings. The van der Waals surface area contributed by atoms with Crippen molar-refractivity contribution in [3.8, 4) is 0 Å². The lowest BCUT2D eigenvalue weighted by molar-refractivity contribution is -0.120. The van der Waals surface area contributed by atoms with Crippen molar-refractivity contribution < 1.29 is 9.59 Å². The number of hydrogen-bond acceptors (Lipinski definition) is 3. The van der Waals surface area contributed by atoms with Gasteiger partial charge in [-0.15, -0.1) is 0 Å². The summed E-state index contributed by atoms with van der Waals surface area (Å²) in [6, 6.07) is 11.3. The van der Waals surface area contributed by atoms with Gasteiger partial charge in [-0.2, -0.15) is 0 Å². The van der Waals surface area contributed by atoms with Crippen molar-refractivity contribution in [2.45, 2.75) is 27.7 Å². The maximum atomic E-state index is 12.9. The van der Waals surface area contributed by atoms with Crippen LogP contribution in [0, 0.1) is 27.7 Å². The first kappa shape index (κ1) is 17.2. The number of rotatable bonds is 3. The summed E-state index contributed by atoms with van der Waals surface area (Å²) in [5.74, 6) is -0.950. The molecule has 5 heteroatoms. The molecule has 0 atom stereocenters. The van der Waals surface area contributed by atoms with E-state index in [1.54, 1.807) is 6.07 Å². The molecule has 2 amide bonds. The van der Waals surface area contributed by atoms with Crippen LogP contribution in [-0.2, 0) is 9.59 Å². The second kappa shape index (κ2) is 6.37. The van der Waals surface area contributed by atoms with Crippen LogP contribution in [0.3, 0.4) is 0 Å². The zero-order valence-electron chi connectivity index (χ0n) is 14.6. The number of amides is 2. The van der Waals surface area contributed by atoms with E-state index in [0.29, 0.717) is 5.69 Å². The van der Waals surface area contributed by atoms with Gasteiger partial charge in [-0.1, -0.05) is 41.4 Å². The minimum Gasteiger partial charge on any atom is -0.349 e. The van der Waals surface area contributed by atoms with E-state index >= 15 is 0 Å². The van der Waals surface area contributed by atoms with Crippen molar-refractivity contribution in [1.29, 1.82) is 0 Å². The standard InChI is InChI=1S/C20H19ClN2O2/c1-11-8-9-16(13(3)10-11)23-19(24)17(21)18(20(23)25)22-15-7-5-6-12(2)14(15)4/h5-10,22H,1-4H3. The van der Waals surface area contributed by atoms with Crippen LogP contribution in [0.25, 0.3) is 0 Å². The summed E-state index contributed by atoms with van der Waals surface area (Å²) in [6.45, 7) is 7.77. The minimum absolute atomic E-state index is 0.0918. The molecule has 25 heavy (non-hydrogen) atoms. The predicted octanol–water partition coefficient (Wildman–Crippen LogP) is 4.36. The van der Waals surface area contributed by atoms with Crippen molar-refractivity contribution in [3.05, 3.63) is 69.4 Å². The Morgan fingerprint density at radius 3 is 2.32 bits per heavy atom. The number of nitrogens with zero attached hydrogens (tertiary/aromatic N) is 1. The van der Waals surface area contributed by atoms with Crippen LogP contribution in [0.1, 0.15) is 22.3 Å². The summed E-state index contributed by atoms with van der Waals surface area (Å²) < 4.78 is 0. The van der Waals surface area contributed by atoms with Gasteiger partial charge in [-0.25, -0.2) is 4.90 Å². The van der Waals surface area contributed by atoms with E-state index in [0.717, 1.165) is 32.8 Å². The van der Waals surface area contributed by atoms with E-state index < -0.39 is 11.8 Å². The molecule has 1 N–H and O–H groups in total. The number of halogens is 1. The highest BCUT2D eigenvalue weighted by Gasteiger charge is 2.39. The summed E-state index contributed by atoms with van der Waals surface area (Å²) in [4.78, 5) is 26.6. The molecule has 0 aromatic heterocycles. The molecule has 3 rings (SSSR count). The fourth-order valence-electron chi connectivity index (χ4n) is 2.91. The van der Waals surface area contributed by atoms with Crippen LogP contribution in [0.4, 0.5) is 11.4 Å². The predicted molar refractivity (Wildman–Crippen MR) is 101 cm³/mol. The van der Waals surface area contributed by atoms with Crippen LogP contribution in [-0.4, -0.2) is 11.8 Å². The third-order valence-corrected chi connectivity index (χ3v) is 4.84. The Kier molecular flexibility index (Phi) is 4.39. The molecule has 0 bridgehead atoms. The fraction of sp³-hybridized carbons (Fsp3) is 0.200. The van der Waals surface area contributed by atoms with Crippen LogP contribution in [0.2, 0.25) is 0 Å². The molecule has 0 spiro atoms. The van der Waals surface area contributed by atoms with E-state index in [1.165, 1.54) is 0 Å². The van der Waals surface area contributed by atoms with Gasteiger partial charge in [0, 0.05) is 5.69 Å². The maximum absolute atomic E-state index is 12.9. The molecule has 2 aromatic rings. The highest BCUT2D eigenvalue weighted by Crippen LogP contribution is 2.33. The number of carbonyl (C=O) groups is 2. The van der Waals surface area contributed by atoms with Gasteiger partial charge in [0.1, 0.15) is 10.7 Å². The molecule has 0 aliphatic carbocycles. The Morgan fingerprint density at radius 2 is 1.64 bits per heavy atom. The van der Waals surface area contributed by atoms with Gasteiger partial charge in [0.05, 0.1) is 5.69 Å². The monoisotopic (exact) mass is 354 g/mol. The summed E-state index contributed by atoms with van der Waals surface area (Å²) in [7, 11) is 0. The lowest BCUT2D eigenvalue weighted by atomic mass is 10.1. The molecule has 128 valence electrons. The van der Waals surface area contributed by atoms with Gasteiger partial charge in [0.25, 0.3) is 11.8 Å². The Hall–Kier alpha value is -2.59. The lowest BCUT2D eigenvalue weighted by Gasteiger charge is -2.18. The first-order chi connectivity index (χ1) is 11.8. The second-order valence-electron chi connectivity index (χ2n) is 6.30. The van der Waals surface area contributed by atoms with Gasteiger partial charge in [0.15, 0.2) is 0 Å². The molecular formula is C20H19ClN2O2. The number of nitrogens with one attached hydrogen (secondary N) is 1. The molecule has 0 unspecified atom stereocenters. The van der Waals surface area contributed by atoms with Gasteiger partial charge in [-0.05, 0) is 56.5 Å². The highest BCUT2D eigenvalue weighted by molar-refractivity contribution is 6.53. The first-order valence-electron chi connectivity index (χ1n) is 8.00. The number of imide groups is 1. The highest BCUT2D eigenvalue weighted by atomic mass is 35.5. The molecule has 1 aliphatic heterocycles. The van der Waals surface area contributed by atoms with E-state index in [-0.39, 0.29) is 10.7 Å². The summed E-state index contributed by atoms with van der Waals surface area (Å²) >= 11 is 6.20. The number of aryl methyl sites for hydroxylation is 3.